The Morgan fingerprint density at radius 2 is 0.562 bits per heavy atom. The fourth-order valence-corrected chi connectivity index (χ4v) is 9.43. The molecule has 0 fully saturated rings. The van der Waals surface area contributed by atoms with Crippen molar-refractivity contribution in [2.75, 3.05) is 0 Å². The minimum Gasteiger partial charge on any atom is -0.408 e. The molecule has 0 aliphatic carbocycles. The highest BCUT2D eigenvalue weighted by Crippen LogP contribution is 2.56. The molecule has 0 amide bonds. The normalized spacial score (nSPS) is 12.3. The summed E-state index contributed by atoms with van der Waals surface area (Å²) in [5.74, 6) is 4.07. The molecule has 6 nitrogen and oxygen atoms in total. The van der Waals surface area contributed by atoms with E-state index in [1.165, 1.54) is 0 Å². The van der Waals surface area contributed by atoms with E-state index in [9.17, 15) is 0 Å². The summed E-state index contributed by atoms with van der Waals surface area (Å²) >= 11 is 0. The van der Waals surface area contributed by atoms with Gasteiger partial charge in [-0.15, -0.1) is 0 Å². The van der Waals surface area contributed by atoms with Gasteiger partial charge in [-0.3, -0.25) is 0 Å². The molecule has 0 aliphatic rings. The lowest BCUT2D eigenvalue weighted by Crippen LogP contribution is -2.20. The van der Waals surface area contributed by atoms with Crippen LogP contribution >= 0.6 is 17.2 Å². The summed E-state index contributed by atoms with van der Waals surface area (Å²) in [7, 11) is -4.15. The molecule has 0 bridgehead atoms. The molecule has 0 radical (unpaired) electrons. The molecule has 0 unspecified atom stereocenters. The molecule has 6 aromatic carbocycles. The van der Waals surface area contributed by atoms with Crippen LogP contribution in [0.3, 0.4) is 0 Å². The van der Waals surface area contributed by atoms with Crippen LogP contribution in [-0.4, -0.2) is 0 Å². The van der Waals surface area contributed by atoms with Crippen LogP contribution in [-0.2, 0) is 21.7 Å². The van der Waals surface area contributed by atoms with E-state index in [4.69, 9.17) is 27.1 Å². The summed E-state index contributed by atoms with van der Waals surface area (Å²) in [6, 6.07) is 41.0. The Morgan fingerprint density at radius 1 is 0.312 bits per heavy atom. The highest BCUT2D eigenvalue weighted by Gasteiger charge is 2.36. The van der Waals surface area contributed by atoms with Gasteiger partial charge in [0, 0.05) is 22.3 Å². The average molecular weight is 899 g/mol. The van der Waals surface area contributed by atoms with Crippen LogP contribution in [0, 0.1) is 27.7 Å². The number of aryl methyl sites for hydroxylation is 4. The van der Waals surface area contributed by atoms with Crippen molar-refractivity contribution in [2.24, 2.45) is 0 Å². The Balaban J connectivity index is 1.69. The molecular formula is C56H68O6P2. The summed E-state index contributed by atoms with van der Waals surface area (Å²) in [5, 5.41) is 0. The zero-order chi connectivity index (χ0) is 46.8. The Hall–Kier alpha value is -5.02. The lowest BCUT2D eigenvalue weighted by atomic mass is 9.75. The van der Waals surface area contributed by atoms with Gasteiger partial charge in [0.2, 0.25) is 0 Å². The van der Waals surface area contributed by atoms with E-state index in [1.807, 2.05) is 125 Å². The van der Waals surface area contributed by atoms with Gasteiger partial charge < -0.3 is 27.1 Å². The highest BCUT2D eigenvalue weighted by molar-refractivity contribution is 7.43. The molecular weight excluding hydrogens is 831 g/mol. The zero-order valence-electron chi connectivity index (χ0n) is 40.9. The maximum absolute atomic E-state index is 7.38. The van der Waals surface area contributed by atoms with Gasteiger partial charge in [-0.2, -0.15) is 0 Å². The van der Waals surface area contributed by atoms with Crippen LogP contribution in [0.1, 0.15) is 128 Å². The van der Waals surface area contributed by atoms with E-state index in [0.717, 1.165) is 55.6 Å². The molecule has 0 N–H and O–H groups in total. The van der Waals surface area contributed by atoms with Gasteiger partial charge in [0.15, 0.2) is 0 Å². The molecule has 0 aliphatic heterocycles. The first-order valence-electron chi connectivity index (χ1n) is 22.2. The molecule has 0 aromatic heterocycles. The van der Waals surface area contributed by atoms with E-state index >= 15 is 0 Å². The monoisotopic (exact) mass is 898 g/mol. The Kier molecular flexibility index (Phi) is 14.5. The predicted molar refractivity (Wildman–Crippen MR) is 269 cm³/mol. The number of para-hydroxylation sites is 4. The molecule has 6 rings (SSSR count). The summed E-state index contributed by atoms with van der Waals surface area (Å²) in [5.41, 5.74) is 8.78. The van der Waals surface area contributed by atoms with Gasteiger partial charge in [0.05, 0.1) is 0 Å². The van der Waals surface area contributed by atoms with Gasteiger partial charge in [0.1, 0.15) is 34.5 Å². The fourth-order valence-electron chi connectivity index (χ4n) is 7.05. The summed E-state index contributed by atoms with van der Waals surface area (Å²) in [6.07, 6.45) is 0. The van der Waals surface area contributed by atoms with Crippen molar-refractivity contribution >= 4 is 17.2 Å². The number of hydrogen-bond acceptors (Lipinski definition) is 6. The first-order chi connectivity index (χ1) is 29.9. The first kappa shape index (κ1) is 48.4. The van der Waals surface area contributed by atoms with E-state index in [-0.39, 0.29) is 21.7 Å². The van der Waals surface area contributed by atoms with Crippen molar-refractivity contribution in [3.8, 4) is 45.6 Å². The molecule has 64 heavy (non-hydrogen) atoms. The number of benzene rings is 6. The second-order valence-electron chi connectivity index (χ2n) is 20.9. The topological polar surface area (TPSA) is 55.4 Å². The molecule has 6 aromatic rings. The molecule has 0 spiro atoms. The van der Waals surface area contributed by atoms with Crippen LogP contribution in [0.5, 0.6) is 34.5 Å². The van der Waals surface area contributed by atoms with Crippen molar-refractivity contribution in [1.82, 2.24) is 0 Å². The van der Waals surface area contributed by atoms with Crippen molar-refractivity contribution in [3.05, 3.63) is 166 Å². The van der Waals surface area contributed by atoms with E-state index < -0.39 is 17.2 Å². The third-order valence-corrected chi connectivity index (χ3v) is 13.3. The van der Waals surface area contributed by atoms with Crippen molar-refractivity contribution in [1.29, 1.82) is 0 Å². The van der Waals surface area contributed by atoms with Crippen LogP contribution in [0.25, 0.3) is 11.1 Å². The summed E-state index contributed by atoms with van der Waals surface area (Å²) in [6.45, 7) is 35.0. The molecule has 0 saturated heterocycles. The maximum atomic E-state index is 7.38. The second-order valence-corrected chi connectivity index (χ2v) is 22.8. The number of rotatable bonds is 13. The minimum atomic E-state index is -2.08. The van der Waals surface area contributed by atoms with Gasteiger partial charge in [0.25, 0.3) is 0 Å². The molecule has 0 heterocycles. The SMILES string of the molecule is Cc1ccccc1OP(Oc1ccccc1C)Oc1c(-c2cc(C(C)(C)C)cc(C(C)(C)C)c2OP(Oc2ccccc2C)Oc2ccccc2C)cc(C(C)(C)C)cc1C(C)(C)C. The van der Waals surface area contributed by atoms with E-state index in [0.29, 0.717) is 34.5 Å². The van der Waals surface area contributed by atoms with E-state index in [1.54, 1.807) is 0 Å². The van der Waals surface area contributed by atoms with Crippen LogP contribution in [0.15, 0.2) is 121 Å². The lowest BCUT2D eigenvalue weighted by Gasteiger charge is -2.33. The zero-order valence-corrected chi connectivity index (χ0v) is 42.7. The quantitative estimate of drug-likeness (QED) is 0.108. The minimum absolute atomic E-state index is 0.225. The molecule has 0 saturated carbocycles. The van der Waals surface area contributed by atoms with Crippen LogP contribution in [0.2, 0.25) is 0 Å². The third-order valence-electron chi connectivity index (χ3n) is 11.2. The van der Waals surface area contributed by atoms with E-state index in [2.05, 4.69) is 107 Å². The summed E-state index contributed by atoms with van der Waals surface area (Å²) < 4.78 is 42.1. The highest BCUT2D eigenvalue weighted by atomic mass is 31.2. The van der Waals surface area contributed by atoms with Crippen molar-refractivity contribution in [2.45, 2.75) is 132 Å². The second kappa shape index (κ2) is 19.2. The average Bonchev–Trinajstić information content (AvgIpc) is 3.19. The predicted octanol–water partition coefficient (Wildman–Crippen LogP) is 17.3. The standard InChI is InChI=1S/C56H68O6P2/c1-37-25-17-21-29-47(37)57-63(58-48-30-22-18-26-38(48)2)61-51-43(33-41(53(5,6)7)35-45(51)55(11,12)13)44-34-42(54(8,9)10)36-46(56(14,15)16)52(44)62-64(59-49-31-23-19-27-39(49)3)60-50-32-24-20-28-40(50)4/h17-36H,1-16H3. The van der Waals surface area contributed by atoms with Crippen molar-refractivity contribution in [3.63, 3.8) is 0 Å². The lowest BCUT2D eigenvalue weighted by molar-refractivity contribution is 0.377. The Bertz CT molecular complexity index is 2300. The smallest absolute Gasteiger partial charge is 0.408 e. The fraction of sp³-hybridized carbons (Fsp3) is 0.357. The Morgan fingerprint density at radius 3 is 0.781 bits per heavy atom. The van der Waals surface area contributed by atoms with Crippen molar-refractivity contribution < 1.29 is 27.1 Å². The molecule has 8 heteroatoms. The van der Waals surface area contributed by atoms with Crippen LogP contribution in [0.4, 0.5) is 0 Å². The van der Waals surface area contributed by atoms with Gasteiger partial charge in [-0.05, 0) is 119 Å². The third kappa shape index (κ3) is 11.8. The van der Waals surface area contributed by atoms with Gasteiger partial charge in [-0.1, -0.05) is 168 Å². The summed E-state index contributed by atoms with van der Waals surface area (Å²) in [4.78, 5) is 0. The first-order valence-corrected chi connectivity index (χ1v) is 24.4. The molecule has 0 atom stereocenters. The van der Waals surface area contributed by atoms with Gasteiger partial charge >= 0.3 is 17.2 Å². The number of hydrogen-bond donors (Lipinski definition) is 0. The molecule has 338 valence electrons. The van der Waals surface area contributed by atoms with Gasteiger partial charge in [-0.25, -0.2) is 0 Å². The van der Waals surface area contributed by atoms with Crippen LogP contribution < -0.4 is 27.1 Å². The Labute approximate surface area is 386 Å². The maximum Gasteiger partial charge on any atom is 0.530 e. The largest absolute Gasteiger partial charge is 0.530 e.